The van der Waals surface area contributed by atoms with Crippen LogP contribution in [0.1, 0.15) is 52.7 Å². The summed E-state index contributed by atoms with van der Waals surface area (Å²) in [4.78, 5) is 0. The molecule has 1 aromatic carbocycles. The number of hydrogen-bond acceptors (Lipinski definition) is 0. The standard InChI is InChI=1S/C19H26/c1-14(2)15(3)11-12-16(4)17-9-8-10-18(13-17)19(5,6)7/h8-13H,4H2,1-3,5-7H3/b12-11-. The summed E-state index contributed by atoms with van der Waals surface area (Å²) in [6.45, 7) is 17.3. The third kappa shape index (κ3) is 4.55. The maximum Gasteiger partial charge on any atom is -0.0132 e. The van der Waals surface area contributed by atoms with E-state index in [1.165, 1.54) is 22.3 Å². The van der Waals surface area contributed by atoms with Gasteiger partial charge in [-0.25, -0.2) is 0 Å². The van der Waals surface area contributed by atoms with Crippen molar-refractivity contribution in [3.63, 3.8) is 0 Å². The highest BCUT2D eigenvalue weighted by atomic mass is 14.2. The van der Waals surface area contributed by atoms with Crippen molar-refractivity contribution < 1.29 is 0 Å². The Kier molecular flexibility index (Phi) is 4.94. The molecule has 0 radical (unpaired) electrons. The van der Waals surface area contributed by atoms with Gasteiger partial charge in [-0.3, -0.25) is 0 Å². The molecule has 1 aromatic rings. The highest BCUT2D eigenvalue weighted by Crippen LogP contribution is 2.25. The van der Waals surface area contributed by atoms with Gasteiger partial charge in [0.1, 0.15) is 0 Å². The Balaban J connectivity index is 2.99. The molecule has 0 unspecified atom stereocenters. The molecule has 0 aromatic heterocycles. The topological polar surface area (TPSA) is 0 Å². The van der Waals surface area contributed by atoms with E-state index in [0.29, 0.717) is 0 Å². The van der Waals surface area contributed by atoms with E-state index in [4.69, 9.17) is 0 Å². The molecule has 0 saturated carbocycles. The lowest BCUT2D eigenvalue weighted by molar-refractivity contribution is 0.590. The van der Waals surface area contributed by atoms with Crippen LogP contribution in [0.5, 0.6) is 0 Å². The summed E-state index contributed by atoms with van der Waals surface area (Å²) in [5.74, 6) is 0. The van der Waals surface area contributed by atoms with E-state index in [0.717, 1.165) is 5.57 Å². The number of benzene rings is 1. The maximum absolute atomic E-state index is 4.17. The lowest BCUT2D eigenvalue weighted by Crippen LogP contribution is -2.10. The van der Waals surface area contributed by atoms with Crippen molar-refractivity contribution in [1.82, 2.24) is 0 Å². The first-order valence-electron chi connectivity index (χ1n) is 6.84. The minimum atomic E-state index is 0.176. The summed E-state index contributed by atoms with van der Waals surface area (Å²) in [7, 11) is 0. The van der Waals surface area contributed by atoms with E-state index in [9.17, 15) is 0 Å². The minimum absolute atomic E-state index is 0.176. The van der Waals surface area contributed by atoms with Gasteiger partial charge in [0, 0.05) is 0 Å². The zero-order chi connectivity index (χ0) is 14.6. The lowest BCUT2D eigenvalue weighted by atomic mass is 9.85. The Labute approximate surface area is 118 Å². The molecule has 0 bridgehead atoms. The normalized spacial score (nSPS) is 11.7. The van der Waals surface area contributed by atoms with Crippen LogP contribution in [0.4, 0.5) is 0 Å². The molecule has 0 heterocycles. The third-order valence-electron chi connectivity index (χ3n) is 3.42. The SMILES string of the molecule is C=C(/C=C\C(C)=C(C)C)c1cccc(C(C)(C)C)c1. The predicted molar refractivity (Wildman–Crippen MR) is 87.4 cm³/mol. The Hall–Kier alpha value is -1.56. The highest BCUT2D eigenvalue weighted by molar-refractivity contribution is 5.73. The van der Waals surface area contributed by atoms with Crippen LogP contribution >= 0.6 is 0 Å². The second kappa shape index (κ2) is 6.06. The number of allylic oxidation sites excluding steroid dienone is 5. The molecule has 0 atom stereocenters. The van der Waals surface area contributed by atoms with Gasteiger partial charge in [0.25, 0.3) is 0 Å². The average Bonchev–Trinajstić information content (AvgIpc) is 2.34. The summed E-state index contributed by atoms with van der Waals surface area (Å²) < 4.78 is 0. The molecule has 0 aliphatic heterocycles. The van der Waals surface area contributed by atoms with Crippen molar-refractivity contribution >= 4 is 5.57 Å². The van der Waals surface area contributed by atoms with E-state index < -0.39 is 0 Å². The first-order chi connectivity index (χ1) is 8.71. The monoisotopic (exact) mass is 254 g/mol. The van der Waals surface area contributed by atoms with Crippen LogP contribution in [-0.2, 0) is 5.41 Å². The molecule has 0 aliphatic carbocycles. The Bertz CT molecular complexity index is 515. The number of rotatable bonds is 3. The van der Waals surface area contributed by atoms with Crippen LogP contribution in [0, 0.1) is 0 Å². The van der Waals surface area contributed by atoms with E-state index in [2.05, 4.69) is 84.5 Å². The van der Waals surface area contributed by atoms with Gasteiger partial charge in [-0.2, -0.15) is 0 Å². The molecule has 0 N–H and O–H groups in total. The third-order valence-corrected chi connectivity index (χ3v) is 3.42. The zero-order valence-corrected chi connectivity index (χ0v) is 13.2. The molecular formula is C19H26. The molecule has 0 aliphatic rings. The molecule has 0 saturated heterocycles. The molecule has 1 rings (SSSR count). The molecular weight excluding hydrogens is 228 g/mol. The quantitative estimate of drug-likeness (QED) is 0.588. The van der Waals surface area contributed by atoms with Crippen LogP contribution in [0.2, 0.25) is 0 Å². The first-order valence-corrected chi connectivity index (χ1v) is 6.84. The molecule has 0 spiro atoms. The fourth-order valence-corrected chi connectivity index (χ4v) is 1.67. The van der Waals surface area contributed by atoms with Crippen LogP contribution in [0.3, 0.4) is 0 Å². The molecule has 0 nitrogen and oxygen atoms in total. The van der Waals surface area contributed by atoms with Crippen molar-refractivity contribution in [2.24, 2.45) is 0 Å². The van der Waals surface area contributed by atoms with Gasteiger partial charge in [-0.1, -0.05) is 74.9 Å². The van der Waals surface area contributed by atoms with Gasteiger partial charge in [-0.05, 0) is 42.9 Å². The maximum atomic E-state index is 4.17. The van der Waals surface area contributed by atoms with Gasteiger partial charge < -0.3 is 0 Å². The van der Waals surface area contributed by atoms with Crippen LogP contribution in [-0.4, -0.2) is 0 Å². The van der Waals surface area contributed by atoms with Crippen molar-refractivity contribution in [2.45, 2.75) is 47.0 Å². The summed E-state index contributed by atoms with van der Waals surface area (Å²) in [6.07, 6.45) is 4.24. The van der Waals surface area contributed by atoms with Gasteiger partial charge in [0.2, 0.25) is 0 Å². The summed E-state index contributed by atoms with van der Waals surface area (Å²) in [6, 6.07) is 8.66. The van der Waals surface area contributed by atoms with Gasteiger partial charge in [-0.15, -0.1) is 0 Å². The van der Waals surface area contributed by atoms with Gasteiger partial charge >= 0.3 is 0 Å². The zero-order valence-electron chi connectivity index (χ0n) is 13.2. The molecule has 102 valence electrons. The first kappa shape index (κ1) is 15.5. The Morgan fingerprint density at radius 1 is 1.05 bits per heavy atom. The van der Waals surface area contributed by atoms with Crippen molar-refractivity contribution in [3.05, 3.63) is 65.3 Å². The molecule has 0 fully saturated rings. The summed E-state index contributed by atoms with van der Waals surface area (Å²) in [5, 5.41) is 0. The number of hydrogen-bond donors (Lipinski definition) is 0. The van der Waals surface area contributed by atoms with Crippen molar-refractivity contribution in [1.29, 1.82) is 0 Å². The Morgan fingerprint density at radius 3 is 2.21 bits per heavy atom. The molecule has 19 heavy (non-hydrogen) atoms. The predicted octanol–water partition coefficient (Wildman–Crippen LogP) is 5.91. The molecule has 0 heteroatoms. The van der Waals surface area contributed by atoms with Gasteiger partial charge in [0.15, 0.2) is 0 Å². The van der Waals surface area contributed by atoms with Crippen LogP contribution < -0.4 is 0 Å². The average molecular weight is 254 g/mol. The smallest absolute Gasteiger partial charge is 0.0132 e. The van der Waals surface area contributed by atoms with Crippen molar-refractivity contribution in [3.8, 4) is 0 Å². The van der Waals surface area contributed by atoms with E-state index in [-0.39, 0.29) is 5.41 Å². The fraction of sp³-hybridized carbons (Fsp3) is 0.368. The van der Waals surface area contributed by atoms with Crippen molar-refractivity contribution in [2.75, 3.05) is 0 Å². The second-order valence-corrected chi connectivity index (χ2v) is 6.37. The fourth-order valence-electron chi connectivity index (χ4n) is 1.67. The lowest BCUT2D eigenvalue weighted by Gasteiger charge is -2.19. The van der Waals surface area contributed by atoms with Crippen LogP contribution in [0.15, 0.2) is 54.1 Å². The minimum Gasteiger partial charge on any atom is -0.0912 e. The van der Waals surface area contributed by atoms with Gasteiger partial charge in [0.05, 0.1) is 0 Å². The summed E-state index contributed by atoms with van der Waals surface area (Å²) >= 11 is 0. The van der Waals surface area contributed by atoms with Crippen LogP contribution in [0.25, 0.3) is 5.57 Å². The largest absolute Gasteiger partial charge is 0.0912 e. The van der Waals surface area contributed by atoms with E-state index in [1.807, 2.05) is 0 Å². The second-order valence-electron chi connectivity index (χ2n) is 6.37. The molecule has 0 amide bonds. The summed E-state index contributed by atoms with van der Waals surface area (Å²) in [5.41, 5.74) is 6.42. The highest BCUT2D eigenvalue weighted by Gasteiger charge is 2.13. The van der Waals surface area contributed by atoms with E-state index in [1.54, 1.807) is 0 Å². The Morgan fingerprint density at radius 2 is 1.68 bits per heavy atom. The van der Waals surface area contributed by atoms with E-state index >= 15 is 0 Å².